The molecule has 1 heterocycles. The summed E-state index contributed by atoms with van der Waals surface area (Å²) in [5, 5.41) is 6.21. The molecule has 148 valence electrons. The highest BCUT2D eigenvalue weighted by Gasteiger charge is 2.21. The average Bonchev–Trinajstić information content (AvgIpc) is 2.68. The van der Waals surface area contributed by atoms with Crippen molar-refractivity contribution in [3.8, 4) is 0 Å². The van der Waals surface area contributed by atoms with E-state index in [4.69, 9.17) is 23.2 Å². The van der Waals surface area contributed by atoms with Crippen LogP contribution in [0.4, 0.5) is 16.2 Å². The van der Waals surface area contributed by atoms with Crippen molar-refractivity contribution in [2.75, 3.05) is 42.9 Å². The summed E-state index contributed by atoms with van der Waals surface area (Å²) in [5.74, 6) is 0.0406. The molecular weight excluding hydrogens is 399 g/mol. The van der Waals surface area contributed by atoms with Crippen molar-refractivity contribution in [1.82, 2.24) is 10.2 Å². The number of hydrogen-bond acceptors (Lipinski definition) is 3. The predicted molar refractivity (Wildman–Crippen MR) is 113 cm³/mol. The standard InChI is InChI=1S/C20H22Cl2N4O2/c21-15-12-16(22)14-17(13-15)24-20(28)23-7-6-19(27)26-10-8-25(9-11-26)18-4-2-1-3-5-18/h1-5,12-14H,6-11H2,(H2,23,24,28). The molecule has 8 heteroatoms. The molecule has 2 aromatic rings. The van der Waals surface area contributed by atoms with Crippen LogP contribution in [0.25, 0.3) is 0 Å². The Morgan fingerprint density at radius 2 is 1.57 bits per heavy atom. The summed E-state index contributed by atoms with van der Waals surface area (Å²) in [4.78, 5) is 28.4. The Morgan fingerprint density at radius 3 is 2.21 bits per heavy atom. The number of nitrogens with one attached hydrogen (secondary N) is 2. The van der Waals surface area contributed by atoms with Crippen LogP contribution in [0, 0.1) is 0 Å². The summed E-state index contributed by atoms with van der Waals surface area (Å²) < 4.78 is 0. The zero-order chi connectivity index (χ0) is 19.9. The zero-order valence-electron chi connectivity index (χ0n) is 15.3. The Labute approximate surface area is 174 Å². The summed E-state index contributed by atoms with van der Waals surface area (Å²) >= 11 is 11.8. The van der Waals surface area contributed by atoms with E-state index in [1.807, 2.05) is 23.1 Å². The molecule has 0 atom stereocenters. The number of anilines is 2. The molecule has 0 unspecified atom stereocenters. The average molecular weight is 421 g/mol. The van der Waals surface area contributed by atoms with Crippen LogP contribution in [0.15, 0.2) is 48.5 Å². The van der Waals surface area contributed by atoms with E-state index in [0.717, 1.165) is 13.1 Å². The van der Waals surface area contributed by atoms with E-state index < -0.39 is 6.03 Å². The van der Waals surface area contributed by atoms with Gasteiger partial charge in [0.1, 0.15) is 0 Å². The van der Waals surface area contributed by atoms with Crippen LogP contribution < -0.4 is 15.5 Å². The van der Waals surface area contributed by atoms with Gasteiger partial charge in [0.2, 0.25) is 5.91 Å². The first-order chi connectivity index (χ1) is 13.5. The summed E-state index contributed by atoms with van der Waals surface area (Å²) in [6.07, 6.45) is 0.259. The molecule has 28 heavy (non-hydrogen) atoms. The van der Waals surface area contributed by atoms with Crippen LogP contribution >= 0.6 is 23.2 Å². The van der Waals surface area contributed by atoms with Gasteiger partial charge in [0, 0.05) is 60.6 Å². The second kappa shape index (κ2) is 9.66. The van der Waals surface area contributed by atoms with E-state index >= 15 is 0 Å². The van der Waals surface area contributed by atoms with Gasteiger partial charge in [0.05, 0.1) is 0 Å². The fraction of sp³-hybridized carbons (Fsp3) is 0.300. The van der Waals surface area contributed by atoms with Crippen LogP contribution in [-0.2, 0) is 4.79 Å². The minimum atomic E-state index is -0.403. The van der Waals surface area contributed by atoms with Crippen molar-refractivity contribution in [3.05, 3.63) is 58.6 Å². The monoisotopic (exact) mass is 420 g/mol. The molecule has 0 aromatic heterocycles. The third kappa shape index (κ3) is 5.78. The van der Waals surface area contributed by atoms with Gasteiger partial charge in [0.15, 0.2) is 0 Å². The van der Waals surface area contributed by atoms with Crippen molar-refractivity contribution in [2.45, 2.75) is 6.42 Å². The van der Waals surface area contributed by atoms with E-state index in [9.17, 15) is 9.59 Å². The van der Waals surface area contributed by atoms with Crippen LogP contribution in [0.2, 0.25) is 10.0 Å². The van der Waals surface area contributed by atoms with Gasteiger partial charge < -0.3 is 20.4 Å². The summed E-state index contributed by atoms with van der Waals surface area (Å²) in [6.45, 7) is 3.23. The van der Waals surface area contributed by atoms with Gasteiger partial charge in [-0.3, -0.25) is 4.79 Å². The molecule has 2 N–H and O–H groups in total. The quantitative estimate of drug-likeness (QED) is 0.771. The third-order valence-corrected chi connectivity index (χ3v) is 4.93. The summed E-state index contributed by atoms with van der Waals surface area (Å²) in [7, 11) is 0. The molecule has 1 aliphatic heterocycles. The minimum Gasteiger partial charge on any atom is -0.368 e. The van der Waals surface area contributed by atoms with Gasteiger partial charge in [0.25, 0.3) is 0 Å². The van der Waals surface area contributed by atoms with Gasteiger partial charge in [-0.05, 0) is 30.3 Å². The number of rotatable bonds is 5. The van der Waals surface area contributed by atoms with Crippen molar-refractivity contribution in [3.63, 3.8) is 0 Å². The van der Waals surface area contributed by atoms with Crippen LogP contribution in [0.1, 0.15) is 6.42 Å². The largest absolute Gasteiger partial charge is 0.368 e. The Hall–Kier alpha value is -2.44. The Kier molecular flexibility index (Phi) is 7.01. The lowest BCUT2D eigenvalue weighted by atomic mass is 10.2. The molecule has 3 rings (SSSR count). The maximum Gasteiger partial charge on any atom is 0.319 e. The number of para-hydroxylation sites is 1. The fourth-order valence-electron chi connectivity index (χ4n) is 3.10. The molecule has 6 nitrogen and oxygen atoms in total. The Balaban J connectivity index is 1.38. The van der Waals surface area contributed by atoms with E-state index in [1.54, 1.807) is 18.2 Å². The maximum atomic E-state index is 12.4. The second-order valence-corrected chi connectivity index (χ2v) is 7.37. The van der Waals surface area contributed by atoms with E-state index in [2.05, 4.69) is 27.7 Å². The summed E-state index contributed by atoms with van der Waals surface area (Å²) in [5.41, 5.74) is 1.67. The van der Waals surface area contributed by atoms with Gasteiger partial charge in [-0.25, -0.2) is 4.79 Å². The molecular formula is C20H22Cl2N4O2. The number of benzene rings is 2. The third-order valence-electron chi connectivity index (χ3n) is 4.50. The molecule has 0 bridgehead atoms. The number of piperazine rings is 1. The normalized spacial score (nSPS) is 13.9. The van der Waals surface area contributed by atoms with Crippen molar-refractivity contribution >= 4 is 46.5 Å². The van der Waals surface area contributed by atoms with Crippen LogP contribution in [0.5, 0.6) is 0 Å². The lowest BCUT2D eigenvalue weighted by Gasteiger charge is -2.36. The van der Waals surface area contributed by atoms with E-state index in [1.165, 1.54) is 5.69 Å². The van der Waals surface area contributed by atoms with Gasteiger partial charge in [-0.2, -0.15) is 0 Å². The molecule has 1 saturated heterocycles. The topological polar surface area (TPSA) is 64.7 Å². The fourth-order valence-corrected chi connectivity index (χ4v) is 3.62. The first kappa shape index (κ1) is 20.3. The number of hydrogen-bond donors (Lipinski definition) is 2. The highest BCUT2D eigenvalue weighted by molar-refractivity contribution is 6.35. The van der Waals surface area contributed by atoms with E-state index in [0.29, 0.717) is 28.8 Å². The predicted octanol–water partition coefficient (Wildman–Crippen LogP) is 3.85. The minimum absolute atomic E-state index is 0.0406. The van der Waals surface area contributed by atoms with Gasteiger partial charge >= 0.3 is 6.03 Å². The second-order valence-electron chi connectivity index (χ2n) is 6.49. The van der Waals surface area contributed by atoms with Gasteiger partial charge in [-0.1, -0.05) is 41.4 Å². The number of urea groups is 1. The number of carbonyl (C=O) groups excluding carboxylic acids is 2. The van der Waals surface area contributed by atoms with Crippen molar-refractivity contribution in [2.24, 2.45) is 0 Å². The highest BCUT2D eigenvalue weighted by Crippen LogP contribution is 2.22. The Morgan fingerprint density at radius 1 is 0.929 bits per heavy atom. The lowest BCUT2D eigenvalue weighted by molar-refractivity contribution is -0.131. The first-order valence-electron chi connectivity index (χ1n) is 9.10. The van der Waals surface area contributed by atoms with Crippen molar-refractivity contribution < 1.29 is 9.59 Å². The molecule has 1 fully saturated rings. The van der Waals surface area contributed by atoms with Gasteiger partial charge in [-0.15, -0.1) is 0 Å². The molecule has 3 amide bonds. The first-order valence-corrected chi connectivity index (χ1v) is 9.85. The Bertz CT molecular complexity index is 804. The molecule has 0 spiro atoms. The maximum absolute atomic E-state index is 12.4. The molecule has 2 aromatic carbocycles. The highest BCUT2D eigenvalue weighted by atomic mass is 35.5. The van der Waals surface area contributed by atoms with Crippen molar-refractivity contribution in [1.29, 1.82) is 0 Å². The van der Waals surface area contributed by atoms with E-state index in [-0.39, 0.29) is 18.9 Å². The number of amides is 3. The SMILES string of the molecule is O=C(NCCC(=O)N1CCN(c2ccccc2)CC1)Nc1cc(Cl)cc(Cl)c1. The number of halogens is 2. The number of carbonyl (C=O) groups is 2. The molecule has 0 aliphatic carbocycles. The smallest absolute Gasteiger partial charge is 0.319 e. The van der Waals surface area contributed by atoms with Crippen LogP contribution in [0.3, 0.4) is 0 Å². The lowest BCUT2D eigenvalue weighted by Crippen LogP contribution is -2.49. The molecule has 0 saturated carbocycles. The zero-order valence-corrected chi connectivity index (χ0v) is 16.8. The van der Waals surface area contributed by atoms with Crippen LogP contribution in [-0.4, -0.2) is 49.6 Å². The molecule has 0 radical (unpaired) electrons. The summed E-state index contributed by atoms with van der Waals surface area (Å²) in [6, 6.07) is 14.6. The molecule has 1 aliphatic rings. The number of nitrogens with zero attached hydrogens (tertiary/aromatic N) is 2.